The fourth-order valence-electron chi connectivity index (χ4n) is 1.38. The molecule has 1 amide bonds. The highest BCUT2D eigenvalue weighted by Crippen LogP contribution is 2.20. The van der Waals surface area contributed by atoms with Crippen molar-refractivity contribution in [1.29, 1.82) is 0 Å². The molecular weight excluding hydrogens is 268 g/mol. The zero-order valence-electron chi connectivity index (χ0n) is 8.41. The van der Waals surface area contributed by atoms with Crippen LogP contribution in [0.3, 0.4) is 0 Å². The largest absolute Gasteiger partial charge is 0.477 e. The molecule has 9 heteroatoms. The van der Waals surface area contributed by atoms with Gasteiger partial charge in [0.1, 0.15) is 4.88 Å². The number of nitrogens with one attached hydrogen (secondary N) is 1. The van der Waals surface area contributed by atoms with Gasteiger partial charge in [-0.2, -0.15) is 12.7 Å². The van der Waals surface area contributed by atoms with E-state index in [2.05, 4.69) is 0 Å². The van der Waals surface area contributed by atoms with E-state index >= 15 is 0 Å². The summed E-state index contributed by atoms with van der Waals surface area (Å²) in [5.41, 5.74) is 0. The lowest BCUT2D eigenvalue weighted by atomic mass is 10.4. The van der Waals surface area contributed by atoms with E-state index in [4.69, 9.17) is 5.11 Å². The standard InChI is InChI=1S/C8H8N2O5S2/c11-7-4-10(17(14,15)9-7)3-5-1-2-6(16-5)8(12)13/h1-2H,3-4H2,(H,9,11)(H,12,13). The first-order valence-corrected chi connectivity index (χ1v) is 6.77. The zero-order valence-corrected chi connectivity index (χ0v) is 10.0. The first-order valence-electron chi connectivity index (χ1n) is 4.51. The van der Waals surface area contributed by atoms with Gasteiger partial charge in [-0.05, 0) is 12.1 Å². The number of carboxylic acids is 1. The Hall–Kier alpha value is -1.45. The highest BCUT2D eigenvalue weighted by Gasteiger charge is 2.33. The van der Waals surface area contributed by atoms with Crippen LogP contribution >= 0.6 is 11.3 Å². The summed E-state index contributed by atoms with van der Waals surface area (Å²) in [4.78, 5) is 22.3. The molecule has 1 aromatic heterocycles. The van der Waals surface area contributed by atoms with Gasteiger partial charge in [-0.1, -0.05) is 0 Å². The minimum absolute atomic E-state index is 0.000972. The molecule has 0 atom stereocenters. The fourth-order valence-corrected chi connectivity index (χ4v) is 3.40. The summed E-state index contributed by atoms with van der Waals surface area (Å²) in [6.45, 7) is -0.234. The van der Waals surface area contributed by atoms with Gasteiger partial charge >= 0.3 is 16.2 Å². The van der Waals surface area contributed by atoms with Crippen molar-refractivity contribution in [3.63, 3.8) is 0 Å². The van der Waals surface area contributed by atoms with Gasteiger partial charge in [0.25, 0.3) is 0 Å². The van der Waals surface area contributed by atoms with Crippen molar-refractivity contribution in [3.8, 4) is 0 Å². The number of aromatic carboxylic acids is 1. The first kappa shape index (κ1) is 12.0. The van der Waals surface area contributed by atoms with E-state index in [0.717, 1.165) is 15.6 Å². The maximum atomic E-state index is 11.4. The number of hydrogen-bond acceptors (Lipinski definition) is 5. The molecule has 0 bridgehead atoms. The molecule has 1 aliphatic rings. The molecule has 0 radical (unpaired) electrons. The summed E-state index contributed by atoms with van der Waals surface area (Å²) >= 11 is 0.985. The number of amides is 1. The van der Waals surface area contributed by atoms with Crippen LogP contribution in [0.1, 0.15) is 14.5 Å². The lowest BCUT2D eigenvalue weighted by Gasteiger charge is -2.09. The number of nitrogens with zero attached hydrogens (tertiary/aromatic N) is 1. The van der Waals surface area contributed by atoms with E-state index in [-0.39, 0.29) is 18.0 Å². The molecule has 7 nitrogen and oxygen atoms in total. The molecule has 2 heterocycles. The monoisotopic (exact) mass is 276 g/mol. The second kappa shape index (κ2) is 4.09. The van der Waals surface area contributed by atoms with Crippen LogP contribution in [0.4, 0.5) is 0 Å². The Bertz CT molecular complexity index is 576. The van der Waals surface area contributed by atoms with E-state index in [9.17, 15) is 18.0 Å². The Balaban J connectivity index is 2.16. The van der Waals surface area contributed by atoms with Crippen molar-refractivity contribution in [2.75, 3.05) is 6.54 Å². The average Bonchev–Trinajstić information content (AvgIpc) is 2.72. The summed E-state index contributed by atoms with van der Waals surface area (Å²) < 4.78 is 25.6. The van der Waals surface area contributed by atoms with Crippen LogP contribution in [0.25, 0.3) is 0 Å². The lowest BCUT2D eigenvalue weighted by molar-refractivity contribution is -0.118. The maximum Gasteiger partial charge on any atom is 0.345 e. The maximum absolute atomic E-state index is 11.4. The number of thiophene rings is 1. The van der Waals surface area contributed by atoms with Gasteiger partial charge < -0.3 is 5.11 Å². The van der Waals surface area contributed by atoms with Gasteiger partial charge in [-0.3, -0.25) is 4.79 Å². The average molecular weight is 276 g/mol. The van der Waals surface area contributed by atoms with Crippen molar-refractivity contribution >= 4 is 33.4 Å². The van der Waals surface area contributed by atoms with Crippen LogP contribution in [0.2, 0.25) is 0 Å². The van der Waals surface area contributed by atoms with Gasteiger partial charge in [0.2, 0.25) is 5.91 Å². The van der Waals surface area contributed by atoms with Crippen LogP contribution in [0, 0.1) is 0 Å². The van der Waals surface area contributed by atoms with Crippen LogP contribution in [0.15, 0.2) is 12.1 Å². The number of hydrogen-bond donors (Lipinski definition) is 2. The SMILES string of the molecule is O=C1CN(Cc2ccc(C(=O)O)s2)S(=O)(=O)N1. The Morgan fingerprint density at radius 2 is 2.24 bits per heavy atom. The summed E-state index contributed by atoms with van der Waals surface area (Å²) in [5, 5.41) is 8.72. The van der Waals surface area contributed by atoms with Crippen molar-refractivity contribution in [3.05, 3.63) is 21.9 Å². The Kier molecular flexibility index (Phi) is 2.89. The predicted molar refractivity (Wildman–Crippen MR) is 58.8 cm³/mol. The molecule has 0 aliphatic carbocycles. The second-order valence-electron chi connectivity index (χ2n) is 3.37. The molecule has 1 aliphatic heterocycles. The quantitative estimate of drug-likeness (QED) is 0.783. The molecule has 92 valence electrons. The molecule has 2 rings (SSSR count). The van der Waals surface area contributed by atoms with E-state index in [0.29, 0.717) is 4.88 Å². The first-order chi connectivity index (χ1) is 7.88. The second-order valence-corrected chi connectivity index (χ2v) is 6.21. The lowest BCUT2D eigenvalue weighted by Crippen LogP contribution is -2.28. The minimum Gasteiger partial charge on any atom is -0.477 e. The van der Waals surface area contributed by atoms with Crippen LogP contribution in [-0.2, 0) is 21.5 Å². The van der Waals surface area contributed by atoms with Crippen molar-refractivity contribution in [2.45, 2.75) is 6.54 Å². The molecule has 0 unspecified atom stereocenters. The van der Waals surface area contributed by atoms with Gasteiger partial charge in [0.15, 0.2) is 0 Å². The summed E-state index contributed by atoms with van der Waals surface area (Å²) in [6.07, 6.45) is 0. The number of carbonyl (C=O) groups is 2. The predicted octanol–water partition coefficient (Wildman–Crippen LogP) is -0.377. The van der Waals surface area contributed by atoms with E-state index < -0.39 is 22.1 Å². The summed E-state index contributed by atoms with van der Waals surface area (Å²) in [7, 11) is -3.75. The van der Waals surface area contributed by atoms with Gasteiger partial charge in [-0.25, -0.2) is 9.52 Å². The topological polar surface area (TPSA) is 104 Å². The molecule has 1 fully saturated rings. The van der Waals surface area contributed by atoms with Gasteiger partial charge in [0, 0.05) is 4.88 Å². The molecule has 2 N–H and O–H groups in total. The molecular formula is C8H8N2O5S2. The molecule has 1 aromatic rings. The highest BCUT2D eigenvalue weighted by molar-refractivity contribution is 7.88. The smallest absolute Gasteiger partial charge is 0.345 e. The van der Waals surface area contributed by atoms with Crippen molar-refractivity contribution in [2.24, 2.45) is 0 Å². The third kappa shape index (κ3) is 2.46. The number of rotatable bonds is 3. The highest BCUT2D eigenvalue weighted by atomic mass is 32.2. The molecule has 0 saturated carbocycles. The number of carbonyl (C=O) groups excluding carboxylic acids is 1. The van der Waals surface area contributed by atoms with Crippen molar-refractivity contribution in [1.82, 2.24) is 9.03 Å². The Morgan fingerprint density at radius 3 is 2.71 bits per heavy atom. The Morgan fingerprint density at radius 1 is 1.53 bits per heavy atom. The summed E-state index contributed by atoms with van der Waals surface area (Å²) in [6, 6.07) is 2.94. The minimum atomic E-state index is -3.75. The Labute approximate surface area is 101 Å². The van der Waals surface area contributed by atoms with Gasteiger partial charge in [-0.15, -0.1) is 11.3 Å². The molecule has 0 spiro atoms. The third-order valence-corrected chi connectivity index (χ3v) is 4.59. The van der Waals surface area contributed by atoms with Crippen molar-refractivity contribution < 1.29 is 23.1 Å². The van der Waals surface area contributed by atoms with E-state index in [1.165, 1.54) is 12.1 Å². The normalized spacial score (nSPS) is 19.2. The van der Waals surface area contributed by atoms with Gasteiger partial charge in [0.05, 0.1) is 13.1 Å². The van der Waals surface area contributed by atoms with Crippen LogP contribution in [-0.4, -0.2) is 36.3 Å². The fraction of sp³-hybridized carbons (Fsp3) is 0.250. The van der Waals surface area contributed by atoms with E-state index in [1.54, 1.807) is 0 Å². The molecule has 0 aromatic carbocycles. The molecule has 17 heavy (non-hydrogen) atoms. The van der Waals surface area contributed by atoms with Crippen LogP contribution < -0.4 is 4.72 Å². The zero-order chi connectivity index (χ0) is 12.6. The van der Waals surface area contributed by atoms with Crippen LogP contribution in [0.5, 0.6) is 0 Å². The molecule has 1 saturated heterocycles. The third-order valence-electron chi connectivity index (χ3n) is 2.11. The van der Waals surface area contributed by atoms with E-state index in [1.807, 2.05) is 4.72 Å². The number of carboxylic acid groups (broad SMARTS) is 1. The summed E-state index contributed by atoms with van der Waals surface area (Å²) in [5.74, 6) is -1.64.